The number of imide groups is 1. The van der Waals surface area contributed by atoms with Gasteiger partial charge in [-0.1, -0.05) is 24.3 Å². The summed E-state index contributed by atoms with van der Waals surface area (Å²) < 4.78 is 0. The zero-order chi connectivity index (χ0) is 25.9. The van der Waals surface area contributed by atoms with E-state index in [1.54, 1.807) is 18.3 Å². The predicted octanol–water partition coefficient (Wildman–Crippen LogP) is 4.96. The first-order valence-electron chi connectivity index (χ1n) is 12.8. The summed E-state index contributed by atoms with van der Waals surface area (Å²) in [5, 5.41) is 6.80. The molecule has 0 unspecified atom stereocenters. The summed E-state index contributed by atoms with van der Waals surface area (Å²) in [4.78, 5) is 38.1. The summed E-state index contributed by atoms with van der Waals surface area (Å²) in [6, 6.07) is 19.1. The third kappa shape index (κ3) is 5.49. The second-order valence-electron chi connectivity index (χ2n) is 9.68. The topological polar surface area (TPSA) is 103 Å². The van der Waals surface area contributed by atoms with Crippen LogP contribution in [0, 0.1) is 5.92 Å². The summed E-state index contributed by atoms with van der Waals surface area (Å²) in [5.41, 5.74) is 5.53. The number of benzene rings is 2. The number of aromatic amines is 1. The van der Waals surface area contributed by atoms with E-state index in [9.17, 15) is 9.59 Å². The van der Waals surface area contributed by atoms with Gasteiger partial charge >= 0.3 is 0 Å². The fourth-order valence-corrected chi connectivity index (χ4v) is 5.67. The molecule has 2 amide bonds. The molecular weight excluding hydrogens is 496 g/mol. The highest BCUT2D eigenvalue weighted by atomic mass is 32.2. The molecule has 2 fully saturated rings. The Morgan fingerprint density at radius 3 is 2.76 bits per heavy atom. The summed E-state index contributed by atoms with van der Waals surface area (Å²) >= 11 is 0.896. The number of nitrogens with zero attached hydrogens (tertiary/aromatic N) is 3. The Morgan fingerprint density at radius 1 is 1.05 bits per heavy atom. The van der Waals surface area contributed by atoms with Gasteiger partial charge < -0.3 is 15.2 Å². The SMILES string of the molecule is O=C1NC(=O)C(=Cc2ccnc(N3CCC(CNCc4cccc(-c5ccc6[nH]ccc6c5)c4)CC3)n2)S1. The van der Waals surface area contributed by atoms with Crippen LogP contribution >= 0.6 is 11.8 Å². The van der Waals surface area contributed by atoms with Crippen LogP contribution in [-0.4, -0.2) is 45.7 Å². The monoisotopic (exact) mass is 524 g/mol. The lowest BCUT2D eigenvalue weighted by atomic mass is 9.96. The van der Waals surface area contributed by atoms with Crippen LogP contribution < -0.4 is 15.5 Å². The molecule has 2 aliphatic rings. The summed E-state index contributed by atoms with van der Waals surface area (Å²) in [5.74, 6) is 0.883. The van der Waals surface area contributed by atoms with Gasteiger partial charge in [-0.15, -0.1) is 0 Å². The largest absolute Gasteiger partial charge is 0.361 e. The molecule has 38 heavy (non-hydrogen) atoms. The van der Waals surface area contributed by atoms with Gasteiger partial charge in [0.15, 0.2) is 0 Å². The van der Waals surface area contributed by atoms with E-state index in [0.717, 1.165) is 56.3 Å². The molecule has 2 aromatic heterocycles. The average Bonchev–Trinajstić information content (AvgIpc) is 3.54. The van der Waals surface area contributed by atoms with Crippen LogP contribution in [0.25, 0.3) is 28.1 Å². The number of hydrogen-bond acceptors (Lipinski definition) is 7. The summed E-state index contributed by atoms with van der Waals surface area (Å²) in [6.07, 6.45) is 7.44. The molecule has 0 aliphatic carbocycles. The summed E-state index contributed by atoms with van der Waals surface area (Å²) in [7, 11) is 0. The van der Waals surface area contributed by atoms with Crippen LogP contribution in [0.5, 0.6) is 0 Å². The Bertz CT molecular complexity index is 1520. The van der Waals surface area contributed by atoms with Crippen molar-refractivity contribution in [1.29, 1.82) is 0 Å². The highest BCUT2D eigenvalue weighted by Crippen LogP contribution is 2.27. The molecule has 0 atom stereocenters. The van der Waals surface area contributed by atoms with Crippen LogP contribution in [0.3, 0.4) is 0 Å². The van der Waals surface area contributed by atoms with E-state index < -0.39 is 0 Å². The standard InChI is InChI=1S/C29H28N6O2S/c36-27-26(38-29(37)34-27)16-24-7-11-32-28(33-24)35-12-8-19(9-13-35)17-30-18-20-2-1-3-21(14-20)22-4-5-25-23(15-22)6-10-31-25/h1-7,10-11,14-16,19,30-31H,8-9,12-13,17-18H2,(H,34,36,37). The molecule has 0 saturated carbocycles. The van der Waals surface area contributed by atoms with Crippen LogP contribution in [-0.2, 0) is 11.3 Å². The first-order chi connectivity index (χ1) is 18.6. The molecule has 4 aromatic rings. The number of carbonyl (C=O) groups excluding carboxylic acids is 2. The number of thioether (sulfide) groups is 1. The zero-order valence-corrected chi connectivity index (χ0v) is 21.6. The van der Waals surface area contributed by atoms with Crippen molar-refractivity contribution in [3.63, 3.8) is 0 Å². The Kier molecular flexibility index (Phi) is 6.94. The number of piperidine rings is 1. The molecule has 2 saturated heterocycles. The fourth-order valence-electron chi connectivity index (χ4n) is 5.00. The van der Waals surface area contributed by atoms with Crippen LogP contribution in [0.2, 0.25) is 0 Å². The minimum atomic E-state index is -0.376. The zero-order valence-electron chi connectivity index (χ0n) is 20.8. The summed E-state index contributed by atoms with van der Waals surface area (Å²) in [6.45, 7) is 3.59. The molecule has 0 spiro atoms. The number of rotatable bonds is 7. The van der Waals surface area contributed by atoms with E-state index in [1.807, 2.05) is 6.20 Å². The van der Waals surface area contributed by atoms with Gasteiger partial charge in [-0.3, -0.25) is 14.9 Å². The molecule has 6 rings (SSSR count). The van der Waals surface area contributed by atoms with Crippen LogP contribution in [0.15, 0.2) is 71.9 Å². The smallest absolute Gasteiger partial charge is 0.290 e. The minimum Gasteiger partial charge on any atom is -0.361 e. The van der Waals surface area contributed by atoms with Crippen LogP contribution in [0.1, 0.15) is 24.1 Å². The molecule has 192 valence electrons. The van der Waals surface area contributed by atoms with Crippen LogP contribution in [0.4, 0.5) is 10.7 Å². The Morgan fingerprint density at radius 2 is 1.92 bits per heavy atom. The van der Waals surface area contributed by atoms with Gasteiger partial charge in [0, 0.05) is 37.5 Å². The van der Waals surface area contributed by atoms with E-state index in [0.29, 0.717) is 22.5 Å². The van der Waals surface area contributed by atoms with Crippen molar-refractivity contribution in [3.8, 4) is 11.1 Å². The molecule has 2 aromatic carbocycles. The van der Waals surface area contributed by atoms with E-state index >= 15 is 0 Å². The van der Waals surface area contributed by atoms with Gasteiger partial charge in [0.2, 0.25) is 5.95 Å². The molecule has 4 heterocycles. The second-order valence-corrected chi connectivity index (χ2v) is 10.7. The van der Waals surface area contributed by atoms with Crippen molar-refractivity contribution in [3.05, 3.63) is 83.2 Å². The van der Waals surface area contributed by atoms with Crippen molar-refractivity contribution < 1.29 is 9.59 Å². The Hall–Kier alpha value is -3.95. The number of carbonyl (C=O) groups is 2. The van der Waals surface area contributed by atoms with Crippen molar-refractivity contribution in [2.45, 2.75) is 19.4 Å². The Labute approximate surface area is 224 Å². The van der Waals surface area contributed by atoms with Crippen molar-refractivity contribution in [1.82, 2.24) is 25.6 Å². The van der Waals surface area contributed by atoms with Crippen molar-refractivity contribution >= 4 is 45.8 Å². The number of fused-ring (bicyclic) bond motifs is 1. The van der Waals surface area contributed by atoms with Gasteiger partial charge in [0.05, 0.1) is 10.6 Å². The quantitative estimate of drug-likeness (QED) is 0.294. The molecule has 9 heteroatoms. The first kappa shape index (κ1) is 24.4. The molecule has 0 radical (unpaired) electrons. The highest BCUT2D eigenvalue weighted by molar-refractivity contribution is 8.18. The maximum absolute atomic E-state index is 11.8. The van der Waals surface area contributed by atoms with E-state index in [2.05, 4.69) is 79.0 Å². The van der Waals surface area contributed by atoms with Gasteiger partial charge in [0.25, 0.3) is 11.1 Å². The number of nitrogens with one attached hydrogen (secondary N) is 3. The lowest BCUT2D eigenvalue weighted by molar-refractivity contribution is -0.115. The number of aromatic nitrogens is 3. The molecule has 8 nitrogen and oxygen atoms in total. The number of H-pyrrole nitrogens is 1. The second kappa shape index (κ2) is 10.8. The lowest BCUT2D eigenvalue weighted by Gasteiger charge is -2.32. The normalized spacial score (nSPS) is 17.5. The van der Waals surface area contributed by atoms with Gasteiger partial charge in [0.1, 0.15) is 0 Å². The van der Waals surface area contributed by atoms with E-state index in [1.165, 1.54) is 22.1 Å². The minimum absolute atomic E-state index is 0.353. The number of hydrogen-bond donors (Lipinski definition) is 3. The van der Waals surface area contributed by atoms with Gasteiger partial charge in [-0.05, 0) is 95.6 Å². The van der Waals surface area contributed by atoms with Crippen molar-refractivity contribution in [2.75, 3.05) is 24.5 Å². The number of anilines is 1. The third-order valence-corrected chi connectivity index (χ3v) is 7.87. The maximum atomic E-state index is 11.8. The average molecular weight is 525 g/mol. The first-order valence-corrected chi connectivity index (χ1v) is 13.6. The van der Waals surface area contributed by atoms with E-state index in [4.69, 9.17) is 0 Å². The molecule has 0 bridgehead atoms. The fraction of sp³-hybridized carbons (Fsp3) is 0.241. The molecule has 2 aliphatic heterocycles. The lowest BCUT2D eigenvalue weighted by Crippen LogP contribution is -2.38. The van der Waals surface area contributed by atoms with E-state index in [-0.39, 0.29) is 11.1 Å². The highest BCUT2D eigenvalue weighted by Gasteiger charge is 2.25. The third-order valence-electron chi connectivity index (χ3n) is 7.06. The number of amides is 2. The maximum Gasteiger partial charge on any atom is 0.290 e. The molecule has 3 N–H and O–H groups in total. The van der Waals surface area contributed by atoms with Gasteiger partial charge in [-0.2, -0.15) is 0 Å². The molecular formula is C29H28N6O2S. The Balaban J connectivity index is 1.01. The predicted molar refractivity (Wildman–Crippen MR) is 152 cm³/mol. The van der Waals surface area contributed by atoms with Crippen molar-refractivity contribution in [2.24, 2.45) is 5.92 Å². The van der Waals surface area contributed by atoms with Gasteiger partial charge in [-0.25, -0.2) is 9.97 Å².